The molecule has 1 aliphatic heterocycles. The lowest BCUT2D eigenvalue weighted by Gasteiger charge is -2.16. The van der Waals surface area contributed by atoms with Crippen LogP contribution in [0.4, 0.5) is 13.2 Å². The number of hydrogen-bond acceptors (Lipinski definition) is 1. The first-order valence-electron chi connectivity index (χ1n) is 3.66. The maximum Gasteiger partial charge on any atom is 0.379 e. The average molecular weight is 179 g/mol. The smallest absolute Gasteiger partial charge is 0.374 e. The summed E-state index contributed by atoms with van der Waals surface area (Å²) in [6.07, 6.45) is 8.41. The Kier molecular flexibility index (Phi) is 6.24. The van der Waals surface area contributed by atoms with E-state index in [4.69, 9.17) is 0 Å². The number of rotatable bonds is 1. The van der Waals surface area contributed by atoms with Gasteiger partial charge in [-0.25, -0.2) is 0 Å². The largest absolute Gasteiger partial charge is 0.379 e. The van der Waals surface area contributed by atoms with Crippen LogP contribution in [0.3, 0.4) is 0 Å². The molecule has 1 aliphatic rings. The summed E-state index contributed by atoms with van der Waals surface area (Å²) in [5.74, 6) is 0. The molecule has 70 valence electrons. The standard InChI is InChI=1S/C7H11N.CHF3/c1-2-8-6-4-3-5-7-8;2-1(3)4/h3-6H,2,7H2,1H3;1H. The minimum Gasteiger partial charge on any atom is -0.374 e. The molecular formula is C8H12F3N. The second-order valence-electron chi connectivity index (χ2n) is 2.10. The molecule has 0 atom stereocenters. The lowest BCUT2D eigenvalue weighted by atomic mass is 10.3. The molecule has 0 unspecified atom stereocenters. The second kappa shape index (κ2) is 6.76. The Morgan fingerprint density at radius 3 is 2.17 bits per heavy atom. The molecule has 0 aromatic rings. The number of likely N-dealkylation sites (N-methyl/N-ethyl adjacent to an activating group) is 1. The van der Waals surface area contributed by atoms with Crippen LogP contribution >= 0.6 is 0 Å². The van der Waals surface area contributed by atoms with E-state index in [1.54, 1.807) is 0 Å². The molecule has 0 aromatic carbocycles. The van der Waals surface area contributed by atoms with Gasteiger partial charge in [0.15, 0.2) is 0 Å². The van der Waals surface area contributed by atoms with Crippen molar-refractivity contribution >= 4 is 0 Å². The Balaban J connectivity index is 0.000000261. The predicted octanol–water partition coefficient (Wildman–Crippen LogP) is 2.57. The van der Waals surface area contributed by atoms with Crippen LogP contribution in [0.5, 0.6) is 0 Å². The Labute approximate surface area is 70.2 Å². The first-order valence-corrected chi connectivity index (χ1v) is 3.66. The molecule has 12 heavy (non-hydrogen) atoms. The van der Waals surface area contributed by atoms with Gasteiger partial charge in [0.25, 0.3) is 0 Å². The zero-order valence-electron chi connectivity index (χ0n) is 6.88. The van der Waals surface area contributed by atoms with Gasteiger partial charge in [-0.2, -0.15) is 13.2 Å². The zero-order chi connectivity index (χ0) is 9.40. The van der Waals surface area contributed by atoms with Crippen molar-refractivity contribution < 1.29 is 13.2 Å². The molecule has 0 N–H and O–H groups in total. The fourth-order valence-corrected chi connectivity index (χ4v) is 0.742. The molecule has 0 bridgehead atoms. The fraction of sp³-hybridized carbons (Fsp3) is 0.500. The lowest BCUT2D eigenvalue weighted by Crippen LogP contribution is -2.17. The first-order chi connectivity index (χ1) is 5.66. The van der Waals surface area contributed by atoms with Gasteiger partial charge < -0.3 is 4.90 Å². The summed E-state index contributed by atoms with van der Waals surface area (Å²) in [4.78, 5) is 2.25. The summed E-state index contributed by atoms with van der Waals surface area (Å²) in [5.41, 5.74) is 0. The number of hydrogen-bond donors (Lipinski definition) is 0. The predicted molar refractivity (Wildman–Crippen MR) is 42.6 cm³/mol. The van der Waals surface area contributed by atoms with Gasteiger partial charge in [0.05, 0.1) is 0 Å². The third kappa shape index (κ3) is 7.18. The topological polar surface area (TPSA) is 3.24 Å². The van der Waals surface area contributed by atoms with Crippen LogP contribution < -0.4 is 0 Å². The Morgan fingerprint density at radius 2 is 1.92 bits per heavy atom. The highest BCUT2D eigenvalue weighted by Crippen LogP contribution is 1.95. The van der Waals surface area contributed by atoms with E-state index in [0.29, 0.717) is 0 Å². The van der Waals surface area contributed by atoms with Crippen molar-refractivity contribution in [3.63, 3.8) is 0 Å². The Morgan fingerprint density at radius 1 is 1.33 bits per heavy atom. The summed E-state index contributed by atoms with van der Waals surface area (Å²) < 4.78 is 29.0. The van der Waals surface area contributed by atoms with E-state index in [0.717, 1.165) is 13.1 Å². The quantitative estimate of drug-likeness (QED) is 0.598. The van der Waals surface area contributed by atoms with E-state index in [-0.39, 0.29) is 0 Å². The molecule has 0 saturated heterocycles. The van der Waals surface area contributed by atoms with E-state index in [2.05, 4.69) is 36.3 Å². The molecule has 1 heterocycles. The molecule has 1 nitrogen and oxygen atoms in total. The second-order valence-corrected chi connectivity index (χ2v) is 2.10. The fourth-order valence-electron chi connectivity index (χ4n) is 0.742. The molecule has 0 aromatic heterocycles. The van der Waals surface area contributed by atoms with Gasteiger partial charge in [-0.3, -0.25) is 0 Å². The highest BCUT2D eigenvalue weighted by molar-refractivity contribution is 5.08. The minimum absolute atomic E-state index is 1.08. The normalized spacial score (nSPS) is 14.6. The van der Waals surface area contributed by atoms with Crippen LogP contribution in [0.15, 0.2) is 24.4 Å². The van der Waals surface area contributed by atoms with Crippen molar-refractivity contribution in [2.45, 2.75) is 13.6 Å². The summed E-state index contributed by atoms with van der Waals surface area (Å²) in [6.45, 7) is 0.678. The first kappa shape index (κ1) is 11.1. The van der Waals surface area contributed by atoms with Crippen LogP contribution in [0.2, 0.25) is 0 Å². The summed E-state index contributed by atoms with van der Waals surface area (Å²) >= 11 is 0. The highest BCUT2D eigenvalue weighted by atomic mass is 19.4. The van der Waals surface area contributed by atoms with E-state index >= 15 is 0 Å². The molecule has 0 amide bonds. The Bertz CT molecular complexity index is 152. The maximum absolute atomic E-state index is 9.67. The van der Waals surface area contributed by atoms with Crippen LogP contribution in [0.1, 0.15) is 6.92 Å². The lowest BCUT2D eigenvalue weighted by molar-refractivity contribution is 0.00819. The Hall–Kier alpha value is -0.930. The van der Waals surface area contributed by atoms with Crippen molar-refractivity contribution in [1.29, 1.82) is 0 Å². The minimum atomic E-state index is -3.67. The highest BCUT2D eigenvalue weighted by Gasteiger charge is 1.91. The van der Waals surface area contributed by atoms with Crippen LogP contribution in [-0.2, 0) is 0 Å². The zero-order valence-corrected chi connectivity index (χ0v) is 6.88. The van der Waals surface area contributed by atoms with Gasteiger partial charge in [-0.1, -0.05) is 12.2 Å². The average Bonchev–Trinajstić information content (AvgIpc) is 2.05. The molecule has 4 heteroatoms. The van der Waals surface area contributed by atoms with Gasteiger partial charge in [-0.15, -0.1) is 0 Å². The van der Waals surface area contributed by atoms with Gasteiger partial charge in [0.2, 0.25) is 0 Å². The van der Waals surface area contributed by atoms with Gasteiger partial charge in [-0.05, 0) is 19.2 Å². The van der Waals surface area contributed by atoms with Crippen LogP contribution in [0, 0.1) is 0 Å². The van der Waals surface area contributed by atoms with Crippen molar-refractivity contribution in [2.24, 2.45) is 0 Å². The molecule has 0 spiro atoms. The van der Waals surface area contributed by atoms with E-state index < -0.39 is 6.68 Å². The van der Waals surface area contributed by atoms with Crippen LogP contribution in [-0.4, -0.2) is 24.7 Å². The van der Waals surface area contributed by atoms with E-state index in [9.17, 15) is 13.2 Å². The van der Waals surface area contributed by atoms with Crippen molar-refractivity contribution in [3.05, 3.63) is 24.4 Å². The molecular weight excluding hydrogens is 167 g/mol. The van der Waals surface area contributed by atoms with E-state index in [1.165, 1.54) is 0 Å². The van der Waals surface area contributed by atoms with Gasteiger partial charge in [0.1, 0.15) is 0 Å². The summed E-state index contributed by atoms with van der Waals surface area (Å²) in [7, 11) is 0. The van der Waals surface area contributed by atoms with Gasteiger partial charge in [0, 0.05) is 13.1 Å². The maximum atomic E-state index is 9.67. The number of allylic oxidation sites excluding steroid dienone is 2. The third-order valence-electron chi connectivity index (χ3n) is 1.29. The summed E-state index contributed by atoms with van der Waals surface area (Å²) in [5, 5.41) is 0. The van der Waals surface area contributed by atoms with Gasteiger partial charge >= 0.3 is 6.68 Å². The third-order valence-corrected chi connectivity index (χ3v) is 1.29. The molecule has 0 fully saturated rings. The molecule has 0 aliphatic carbocycles. The van der Waals surface area contributed by atoms with E-state index in [1.807, 2.05) is 0 Å². The monoisotopic (exact) mass is 179 g/mol. The molecule has 0 radical (unpaired) electrons. The summed E-state index contributed by atoms with van der Waals surface area (Å²) in [6, 6.07) is 0. The number of halogens is 3. The number of alkyl halides is 3. The van der Waals surface area contributed by atoms with Crippen molar-refractivity contribution in [2.75, 3.05) is 13.1 Å². The molecule has 0 saturated carbocycles. The van der Waals surface area contributed by atoms with Crippen molar-refractivity contribution in [1.82, 2.24) is 4.90 Å². The number of nitrogens with zero attached hydrogens (tertiary/aromatic N) is 1. The van der Waals surface area contributed by atoms with Crippen molar-refractivity contribution in [3.8, 4) is 0 Å². The van der Waals surface area contributed by atoms with Crippen LogP contribution in [0.25, 0.3) is 0 Å². The SMILES string of the molecule is CCN1C=CC=CC1.FC(F)F. The molecule has 1 rings (SSSR count).